The van der Waals surface area contributed by atoms with Crippen molar-refractivity contribution in [1.29, 1.82) is 0 Å². The number of hydrogen-bond donors (Lipinski definition) is 0. The molecule has 0 bridgehead atoms. The number of nitrogens with zero attached hydrogens (tertiary/aromatic N) is 2. The molecule has 0 saturated heterocycles. The number of thioether (sulfide) groups is 1. The summed E-state index contributed by atoms with van der Waals surface area (Å²) in [7, 11) is 0. The molecule has 0 radical (unpaired) electrons. The fourth-order valence-corrected chi connectivity index (χ4v) is 5.97. The topological polar surface area (TPSA) is 53.4 Å². The molecule has 1 aliphatic rings. The second kappa shape index (κ2) is 11.9. The third-order valence-electron chi connectivity index (χ3n) is 5.58. The second-order valence-electron chi connectivity index (χ2n) is 9.44. The van der Waals surface area contributed by atoms with Crippen LogP contribution in [0.2, 0.25) is 0 Å². The fourth-order valence-electron chi connectivity index (χ4n) is 4.16. The van der Waals surface area contributed by atoms with Crippen LogP contribution in [0.4, 0.5) is 0 Å². The van der Waals surface area contributed by atoms with Gasteiger partial charge >= 0.3 is 5.97 Å². The van der Waals surface area contributed by atoms with Gasteiger partial charge in [-0.25, -0.2) is 4.79 Å². The number of rotatable bonds is 9. The van der Waals surface area contributed by atoms with E-state index in [0.29, 0.717) is 18.4 Å². The Morgan fingerprint density at radius 3 is 2.44 bits per heavy atom. The average molecular weight is 571 g/mol. The van der Waals surface area contributed by atoms with Crippen LogP contribution in [0.25, 0.3) is 11.3 Å². The first-order chi connectivity index (χ1) is 15.3. The Balaban J connectivity index is 1.54. The van der Waals surface area contributed by atoms with E-state index < -0.39 is 5.60 Å². The van der Waals surface area contributed by atoms with Crippen molar-refractivity contribution in [1.82, 2.24) is 9.78 Å². The van der Waals surface area contributed by atoms with E-state index in [4.69, 9.17) is 14.6 Å². The third-order valence-corrected chi connectivity index (χ3v) is 7.82. The number of esters is 1. The van der Waals surface area contributed by atoms with Gasteiger partial charge in [0.1, 0.15) is 17.2 Å². The first-order valence-corrected chi connectivity index (χ1v) is 13.6. The number of carbonyl (C=O) groups excluding carboxylic acids is 1. The number of carbonyl (C=O) groups is 1. The molecule has 0 atom stereocenters. The van der Waals surface area contributed by atoms with E-state index in [2.05, 4.69) is 64.5 Å². The van der Waals surface area contributed by atoms with Crippen molar-refractivity contribution in [2.45, 2.75) is 70.6 Å². The van der Waals surface area contributed by atoms with Gasteiger partial charge in [-0.05, 0) is 86.6 Å². The molecule has 0 aliphatic heterocycles. The Hall–Kier alpha value is -1.06. The van der Waals surface area contributed by atoms with Gasteiger partial charge in [-0.2, -0.15) is 5.10 Å². The largest absolute Gasteiger partial charge is 0.458 e. The molecule has 1 heterocycles. The van der Waals surface area contributed by atoms with Crippen LogP contribution in [0.15, 0.2) is 35.4 Å². The van der Waals surface area contributed by atoms with Gasteiger partial charge in [-0.1, -0.05) is 37.3 Å². The van der Waals surface area contributed by atoms with Gasteiger partial charge in [-0.15, -0.1) is 11.8 Å². The lowest BCUT2D eigenvalue weighted by atomic mass is 9.82. The fraction of sp³-hybridized carbons (Fsp3) is 0.600. The first kappa shape index (κ1) is 25.6. The molecule has 0 N–H and O–H groups in total. The van der Waals surface area contributed by atoms with Crippen molar-refractivity contribution in [2.24, 2.45) is 11.8 Å². The quantitative estimate of drug-likeness (QED) is 0.198. The van der Waals surface area contributed by atoms with Crippen LogP contribution in [-0.2, 0) is 20.8 Å². The highest BCUT2D eigenvalue weighted by Gasteiger charge is 2.25. The summed E-state index contributed by atoms with van der Waals surface area (Å²) < 4.78 is 14.5. The summed E-state index contributed by atoms with van der Waals surface area (Å²) in [6.45, 7) is 9.43. The Labute approximate surface area is 210 Å². The molecule has 1 aromatic carbocycles. The molecular weight excluding hydrogens is 535 g/mol. The van der Waals surface area contributed by atoms with Crippen molar-refractivity contribution in [3.05, 3.63) is 33.9 Å². The molecule has 0 amide bonds. The van der Waals surface area contributed by atoms with Gasteiger partial charge in [0.25, 0.3) is 0 Å². The summed E-state index contributed by atoms with van der Waals surface area (Å²) in [5.41, 5.74) is 2.01. The van der Waals surface area contributed by atoms with Crippen LogP contribution < -0.4 is 0 Å². The maximum Gasteiger partial charge on any atom is 0.332 e. The van der Waals surface area contributed by atoms with Gasteiger partial charge < -0.3 is 9.47 Å². The van der Waals surface area contributed by atoms with E-state index in [1.807, 2.05) is 32.5 Å². The van der Waals surface area contributed by atoms with Gasteiger partial charge in [0.15, 0.2) is 0 Å². The summed E-state index contributed by atoms with van der Waals surface area (Å²) in [6.07, 6.45) is 4.60. The molecular formula is C25H35IN2O3S. The third kappa shape index (κ3) is 7.48. The monoisotopic (exact) mass is 570 g/mol. The Kier molecular flexibility index (Phi) is 9.49. The van der Waals surface area contributed by atoms with Crippen molar-refractivity contribution in [3.63, 3.8) is 0 Å². The predicted molar refractivity (Wildman–Crippen MR) is 139 cm³/mol. The van der Waals surface area contributed by atoms with Crippen LogP contribution in [0.5, 0.6) is 0 Å². The lowest BCUT2D eigenvalue weighted by Gasteiger charge is -2.28. The van der Waals surface area contributed by atoms with E-state index in [-0.39, 0.29) is 12.6 Å². The minimum Gasteiger partial charge on any atom is -0.458 e. The molecule has 1 aromatic heterocycles. The van der Waals surface area contributed by atoms with Crippen LogP contribution in [-0.4, -0.2) is 40.3 Å². The summed E-state index contributed by atoms with van der Waals surface area (Å²) in [5.74, 6) is 1.88. The second-order valence-corrected chi connectivity index (χ2v) is 11.8. The highest BCUT2D eigenvalue weighted by atomic mass is 127. The summed E-state index contributed by atoms with van der Waals surface area (Å²) in [4.78, 5) is 11.8. The molecule has 1 saturated carbocycles. The van der Waals surface area contributed by atoms with Gasteiger partial charge in [0.2, 0.25) is 0 Å². The van der Waals surface area contributed by atoms with E-state index in [0.717, 1.165) is 30.2 Å². The zero-order chi connectivity index (χ0) is 23.1. The molecule has 2 aromatic rings. The number of ether oxygens (including phenoxy) is 2. The molecule has 176 valence electrons. The SMILES string of the molecule is CCSc1nn(CC2CCC(COCC(=O)OC(C)(C)C)CC2)c(-c2ccccc2)c1I. The Bertz CT molecular complexity index is 871. The van der Waals surface area contributed by atoms with Crippen LogP contribution >= 0.6 is 34.4 Å². The molecule has 5 nitrogen and oxygen atoms in total. The minimum atomic E-state index is -0.461. The van der Waals surface area contributed by atoms with Crippen molar-refractivity contribution in [3.8, 4) is 11.3 Å². The van der Waals surface area contributed by atoms with Crippen LogP contribution in [0, 0.1) is 15.4 Å². The van der Waals surface area contributed by atoms with Gasteiger partial charge in [0.05, 0.1) is 15.9 Å². The number of aromatic nitrogens is 2. The van der Waals surface area contributed by atoms with E-state index in [9.17, 15) is 4.79 Å². The van der Waals surface area contributed by atoms with Gasteiger partial charge in [0, 0.05) is 12.1 Å². The number of benzene rings is 1. The Morgan fingerprint density at radius 2 is 1.81 bits per heavy atom. The van der Waals surface area contributed by atoms with Crippen molar-refractivity contribution >= 4 is 40.3 Å². The van der Waals surface area contributed by atoms with Gasteiger partial charge in [-0.3, -0.25) is 4.68 Å². The lowest BCUT2D eigenvalue weighted by molar-refractivity contribution is -0.160. The highest BCUT2D eigenvalue weighted by Crippen LogP contribution is 2.36. The summed E-state index contributed by atoms with van der Waals surface area (Å²) in [5, 5.41) is 6.12. The number of halogens is 1. The van der Waals surface area contributed by atoms with E-state index in [1.165, 1.54) is 27.7 Å². The van der Waals surface area contributed by atoms with Crippen molar-refractivity contribution in [2.75, 3.05) is 19.0 Å². The zero-order valence-corrected chi connectivity index (χ0v) is 22.6. The normalized spacial score (nSPS) is 19.2. The molecule has 7 heteroatoms. The standard InChI is InChI=1S/C25H35IN2O3S/c1-5-32-24-22(26)23(20-9-7-6-8-10-20)28(27-24)15-18-11-13-19(14-12-18)16-30-17-21(29)31-25(2,3)4/h6-10,18-19H,5,11-17H2,1-4H3. The smallest absolute Gasteiger partial charge is 0.332 e. The first-order valence-electron chi connectivity index (χ1n) is 11.5. The minimum absolute atomic E-state index is 0.0429. The maximum atomic E-state index is 11.8. The lowest BCUT2D eigenvalue weighted by Crippen LogP contribution is -2.28. The van der Waals surface area contributed by atoms with Crippen LogP contribution in [0.1, 0.15) is 53.4 Å². The molecule has 0 unspecified atom stereocenters. The average Bonchev–Trinajstić information content (AvgIpc) is 3.04. The molecule has 1 aliphatic carbocycles. The Morgan fingerprint density at radius 1 is 1.16 bits per heavy atom. The molecule has 0 spiro atoms. The van der Waals surface area contributed by atoms with E-state index in [1.54, 1.807) is 0 Å². The summed E-state index contributed by atoms with van der Waals surface area (Å²) in [6, 6.07) is 10.6. The predicted octanol–water partition coefficient (Wildman–Crippen LogP) is 6.43. The van der Waals surface area contributed by atoms with Crippen LogP contribution in [0.3, 0.4) is 0 Å². The maximum absolute atomic E-state index is 11.8. The summed E-state index contributed by atoms with van der Waals surface area (Å²) >= 11 is 4.27. The van der Waals surface area contributed by atoms with E-state index >= 15 is 0 Å². The zero-order valence-electron chi connectivity index (χ0n) is 19.6. The van der Waals surface area contributed by atoms with Crippen molar-refractivity contribution < 1.29 is 14.3 Å². The molecule has 1 fully saturated rings. The molecule has 3 rings (SSSR count). The highest BCUT2D eigenvalue weighted by molar-refractivity contribution is 14.1. The number of hydrogen-bond acceptors (Lipinski definition) is 5. The molecule has 32 heavy (non-hydrogen) atoms.